The number of halogens is 3. The summed E-state index contributed by atoms with van der Waals surface area (Å²) in [5.74, 6) is -1.04. The summed E-state index contributed by atoms with van der Waals surface area (Å²) in [6, 6.07) is 8.10. The molecule has 1 aromatic carbocycles. The molecule has 1 fully saturated rings. The number of carbonyl (C=O) groups is 1. The molecule has 4 nitrogen and oxygen atoms in total. The first-order chi connectivity index (χ1) is 10.9. The van der Waals surface area contributed by atoms with Crippen molar-refractivity contribution in [1.29, 1.82) is 0 Å². The van der Waals surface area contributed by atoms with E-state index in [1.54, 1.807) is 37.3 Å². The third-order valence-corrected chi connectivity index (χ3v) is 3.60. The van der Waals surface area contributed by atoms with Crippen molar-refractivity contribution in [3.63, 3.8) is 0 Å². The Morgan fingerprint density at radius 1 is 1.30 bits per heavy atom. The summed E-state index contributed by atoms with van der Waals surface area (Å²) in [4.78, 5) is 12.0. The fourth-order valence-corrected chi connectivity index (χ4v) is 2.50. The maximum atomic E-state index is 13.6. The number of benzene rings is 1. The summed E-state index contributed by atoms with van der Waals surface area (Å²) in [6.45, 7) is 1.54. The third kappa shape index (κ3) is 2.95. The van der Waals surface area contributed by atoms with Gasteiger partial charge >= 0.3 is 12.1 Å². The van der Waals surface area contributed by atoms with Crippen LogP contribution in [-0.4, -0.2) is 22.4 Å². The second-order valence-corrected chi connectivity index (χ2v) is 5.33. The van der Waals surface area contributed by atoms with Crippen LogP contribution in [0.2, 0.25) is 0 Å². The topological polar surface area (TPSA) is 44.1 Å². The zero-order valence-corrected chi connectivity index (χ0v) is 12.4. The molecule has 0 saturated heterocycles. The van der Waals surface area contributed by atoms with Crippen LogP contribution in [-0.2, 0) is 10.9 Å². The van der Waals surface area contributed by atoms with Gasteiger partial charge in [0.1, 0.15) is 5.56 Å². The summed E-state index contributed by atoms with van der Waals surface area (Å²) in [5, 5.41) is 3.96. The van der Waals surface area contributed by atoms with Crippen LogP contribution in [0.15, 0.2) is 30.3 Å². The highest BCUT2D eigenvalue weighted by Crippen LogP contribution is 2.45. The van der Waals surface area contributed by atoms with Crippen molar-refractivity contribution in [2.45, 2.75) is 32.0 Å². The second kappa shape index (κ2) is 5.72. The van der Waals surface area contributed by atoms with E-state index in [1.165, 1.54) is 4.68 Å². The lowest BCUT2D eigenvalue weighted by atomic mass is 10.0. The maximum Gasteiger partial charge on any atom is 0.420 e. The summed E-state index contributed by atoms with van der Waals surface area (Å²) < 4.78 is 47.0. The third-order valence-electron chi connectivity index (χ3n) is 3.60. The Hall–Kier alpha value is -2.31. The van der Waals surface area contributed by atoms with E-state index in [9.17, 15) is 18.0 Å². The Morgan fingerprint density at radius 2 is 1.96 bits per heavy atom. The molecule has 0 atom stereocenters. The first kappa shape index (κ1) is 15.6. The van der Waals surface area contributed by atoms with Gasteiger partial charge in [0.2, 0.25) is 0 Å². The van der Waals surface area contributed by atoms with Crippen molar-refractivity contribution < 1.29 is 22.7 Å². The minimum atomic E-state index is -4.69. The Balaban J connectivity index is 2.25. The molecule has 3 rings (SSSR count). The van der Waals surface area contributed by atoms with Crippen molar-refractivity contribution in [2.24, 2.45) is 0 Å². The molecule has 0 bridgehead atoms. The average molecular weight is 324 g/mol. The normalized spacial score (nSPS) is 14.8. The van der Waals surface area contributed by atoms with E-state index in [0.717, 1.165) is 12.8 Å². The lowest BCUT2D eigenvalue weighted by Gasteiger charge is -2.11. The molecule has 0 spiro atoms. The van der Waals surface area contributed by atoms with Crippen molar-refractivity contribution >= 4 is 5.97 Å². The quantitative estimate of drug-likeness (QED) is 0.796. The number of rotatable bonds is 4. The largest absolute Gasteiger partial charge is 0.461 e. The predicted molar refractivity (Wildman–Crippen MR) is 76.9 cm³/mol. The van der Waals surface area contributed by atoms with Crippen LogP contribution in [0.25, 0.3) is 11.3 Å². The molecule has 23 heavy (non-hydrogen) atoms. The van der Waals surface area contributed by atoms with E-state index in [1.807, 2.05) is 0 Å². The Bertz CT molecular complexity index is 719. The SMILES string of the molecule is CCOC(=O)c1nn(C2CC2)c(-c2ccccc2)c1C(F)(F)F. The monoisotopic (exact) mass is 324 g/mol. The minimum absolute atomic E-state index is 0.00686. The van der Waals surface area contributed by atoms with Crippen LogP contribution in [0.1, 0.15) is 41.9 Å². The number of ether oxygens (including phenoxy) is 1. The number of nitrogens with zero attached hydrogens (tertiary/aromatic N) is 2. The van der Waals surface area contributed by atoms with E-state index in [-0.39, 0.29) is 18.3 Å². The van der Waals surface area contributed by atoms with Gasteiger partial charge in [-0.1, -0.05) is 30.3 Å². The number of hydrogen-bond acceptors (Lipinski definition) is 3. The molecule has 1 heterocycles. The van der Waals surface area contributed by atoms with Crippen molar-refractivity contribution in [1.82, 2.24) is 9.78 Å². The van der Waals surface area contributed by atoms with E-state index < -0.39 is 23.4 Å². The molecule has 0 unspecified atom stereocenters. The zero-order valence-electron chi connectivity index (χ0n) is 12.4. The van der Waals surface area contributed by atoms with Crippen LogP contribution >= 0.6 is 0 Å². The van der Waals surface area contributed by atoms with Gasteiger partial charge in [0.15, 0.2) is 5.69 Å². The lowest BCUT2D eigenvalue weighted by molar-refractivity contribution is -0.137. The van der Waals surface area contributed by atoms with E-state index in [2.05, 4.69) is 5.10 Å². The molecular formula is C16H15F3N2O2. The molecule has 0 radical (unpaired) electrons. The van der Waals surface area contributed by atoms with Gasteiger partial charge in [0.05, 0.1) is 18.3 Å². The fourth-order valence-electron chi connectivity index (χ4n) is 2.50. The molecule has 122 valence electrons. The first-order valence-corrected chi connectivity index (χ1v) is 7.35. The Labute approximate surface area is 130 Å². The first-order valence-electron chi connectivity index (χ1n) is 7.35. The molecule has 0 N–H and O–H groups in total. The highest BCUT2D eigenvalue weighted by Gasteiger charge is 2.44. The van der Waals surface area contributed by atoms with Crippen LogP contribution in [0.5, 0.6) is 0 Å². The van der Waals surface area contributed by atoms with Crippen LogP contribution in [0.4, 0.5) is 13.2 Å². The van der Waals surface area contributed by atoms with Gasteiger partial charge in [-0.05, 0) is 19.8 Å². The molecule has 1 aliphatic carbocycles. The maximum absolute atomic E-state index is 13.6. The summed E-state index contributed by atoms with van der Waals surface area (Å²) >= 11 is 0. The number of aromatic nitrogens is 2. The number of hydrogen-bond donors (Lipinski definition) is 0. The van der Waals surface area contributed by atoms with Crippen molar-refractivity contribution in [3.8, 4) is 11.3 Å². The number of carbonyl (C=O) groups excluding carboxylic acids is 1. The van der Waals surface area contributed by atoms with Gasteiger partial charge in [-0.25, -0.2) is 4.79 Å². The van der Waals surface area contributed by atoms with Gasteiger partial charge < -0.3 is 4.74 Å². The predicted octanol–water partition coefficient (Wildman–Crippen LogP) is 4.08. The van der Waals surface area contributed by atoms with Gasteiger partial charge in [-0.15, -0.1) is 0 Å². The van der Waals surface area contributed by atoms with Crippen molar-refractivity contribution in [3.05, 3.63) is 41.6 Å². The van der Waals surface area contributed by atoms with Crippen LogP contribution < -0.4 is 0 Å². The lowest BCUT2D eigenvalue weighted by Crippen LogP contribution is -2.14. The Morgan fingerprint density at radius 3 is 2.48 bits per heavy atom. The second-order valence-electron chi connectivity index (χ2n) is 5.33. The summed E-state index contributed by atoms with van der Waals surface area (Å²) in [6.07, 6.45) is -3.19. The molecule has 1 aromatic heterocycles. The van der Waals surface area contributed by atoms with E-state index in [0.29, 0.717) is 5.56 Å². The van der Waals surface area contributed by atoms with E-state index >= 15 is 0 Å². The average Bonchev–Trinajstić information content (AvgIpc) is 3.26. The van der Waals surface area contributed by atoms with Crippen molar-refractivity contribution in [2.75, 3.05) is 6.61 Å². The molecular weight excluding hydrogens is 309 g/mol. The molecule has 1 saturated carbocycles. The number of alkyl halides is 3. The Kier molecular flexibility index (Phi) is 3.87. The molecule has 2 aromatic rings. The zero-order chi connectivity index (χ0) is 16.6. The highest BCUT2D eigenvalue weighted by atomic mass is 19.4. The van der Waals surface area contributed by atoms with E-state index in [4.69, 9.17) is 4.74 Å². The molecule has 0 aliphatic heterocycles. The molecule has 7 heteroatoms. The molecule has 1 aliphatic rings. The van der Waals surface area contributed by atoms with Crippen LogP contribution in [0.3, 0.4) is 0 Å². The summed E-state index contributed by atoms with van der Waals surface area (Å²) in [7, 11) is 0. The van der Waals surface area contributed by atoms with Gasteiger partial charge in [0, 0.05) is 5.56 Å². The molecule has 0 amide bonds. The van der Waals surface area contributed by atoms with Gasteiger partial charge in [-0.2, -0.15) is 18.3 Å². The summed E-state index contributed by atoms with van der Waals surface area (Å²) in [5.41, 5.74) is -1.36. The van der Waals surface area contributed by atoms with Gasteiger partial charge in [0.25, 0.3) is 0 Å². The fraction of sp³-hybridized carbons (Fsp3) is 0.375. The van der Waals surface area contributed by atoms with Crippen LogP contribution in [0, 0.1) is 0 Å². The standard InChI is InChI=1S/C16H15F3N2O2/c1-2-23-15(22)13-12(16(17,18)19)14(10-6-4-3-5-7-10)21(20-13)11-8-9-11/h3-7,11H,2,8-9H2,1H3. The van der Waals surface area contributed by atoms with Gasteiger partial charge in [-0.3, -0.25) is 4.68 Å². The number of esters is 1. The highest BCUT2D eigenvalue weighted by molar-refractivity contribution is 5.91. The smallest absolute Gasteiger partial charge is 0.420 e. The minimum Gasteiger partial charge on any atom is -0.461 e.